The van der Waals surface area contributed by atoms with Gasteiger partial charge in [0.1, 0.15) is 16.2 Å². The van der Waals surface area contributed by atoms with Gasteiger partial charge in [-0.25, -0.2) is 9.97 Å². The molecule has 28 heavy (non-hydrogen) atoms. The van der Waals surface area contributed by atoms with Crippen molar-refractivity contribution >= 4 is 45.5 Å². The van der Waals surface area contributed by atoms with Crippen LogP contribution >= 0.6 is 22.9 Å². The third kappa shape index (κ3) is 3.55. The molecule has 0 saturated heterocycles. The summed E-state index contributed by atoms with van der Waals surface area (Å²) >= 11 is 7.84. The monoisotopic (exact) mass is 401 g/mol. The van der Waals surface area contributed by atoms with Gasteiger partial charge in [-0.3, -0.25) is 0 Å². The van der Waals surface area contributed by atoms with Gasteiger partial charge in [-0.05, 0) is 31.6 Å². The molecule has 3 nitrogen and oxygen atoms in total. The maximum Gasteiger partial charge on any atom is 0.137 e. The lowest BCUT2D eigenvalue weighted by Gasteiger charge is -2.05. The number of para-hydroxylation sites is 1. The van der Waals surface area contributed by atoms with Gasteiger partial charge in [-0.2, -0.15) is 5.26 Å². The van der Waals surface area contributed by atoms with Crippen LogP contribution in [0.1, 0.15) is 21.7 Å². The first-order valence-corrected chi connectivity index (χ1v) is 10.0. The Kier molecular flexibility index (Phi) is 4.95. The topological polar surface area (TPSA) is 49.6 Å². The summed E-state index contributed by atoms with van der Waals surface area (Å²) < 4.78 is 0. The van der Waals surface area contributed by atoms with E-state index in [4.69, 9.17) is 11.6 Å². The molecule has 4 rings (SSSR count). The van der Waals surface area contributed by atoms with E-state index in [1.54, 1.807) is 6.08 Å². The Labute approximate surface area is 172 Å². The predicted octanol–water partition coefficient (Wildman–Crippen LogP) is 6.69. The smallest absolute Gasteiger partial charge is 0.137 e. The highest BCUT2D eigenvalue weighted by Gasteiger charge is 2.11. The number of hydrogen-bond donors (Lipinski definition) is 0. The van der Waals surface area contributed by atoms with Crippen molar-refractivity contribution in [3.05, 3.63) is 80.8 Å². The number of thiazole rings is 1. The number of rotatable bonds is 3. The van der Waals surface area contributed by atoms with Crippen molar-refractivity contribution < 1.29 is 0 Å². The van der Waals surface area contributed by atoms with E-state index >= 15 is 0 Å². The Morgan fingerprint density at radius 1 is 1.11 bits per heavy atom. The minimum Gasteiger partial charge on any atom is -0.235 e. The van der Waals surface area contributed by atoms with Crippen LogP contribution in [0.4, 0.5) is 0 Å². The van der Waals surface area contributed by atoms with E-state index in [9.17, 15) is 5.26 Å². The van der Waals surface area contributed by atoms with E-state index in [2.05, 4.69) is 35.1 Å². The predicted molar refractivity (Wildman–Crippen MR) is 117 cm³/mol. The Hall–Kier alpha value is -3.00. The lowest BCUT2D eigenvalue weighted by Crippen LogP contribution is -1.89. The molecule has 136 valence electrons. The first-order valence-electron chi connectivity index (χ1n) is 8.76. The fraction of sp³-hybridized carbons (Fsp3) is 0.0870. The van der Waals surface area contributed by atoms with E-state index in [1.807, 2.05) is 48.7 Å². The van der Waals surface area contributed by atoms with Gasteiger partial charge in [0.05, 0.1) is 16.8 Å². The van der Waals surface area contributed by atoms with Gasteiger partial charge >= 0.3 is 0 Å². The molecule has 0 N–H and O–H groups in total. The first kappa shape index (κ1) is 18.4. The van der Waals surface area contributed by atoms with Crippen molar-refractivity contribution in [2.24, 2.45) is 0 Å². The number of aryl methyl sites for hydroxylation is 2. The summed E-state index contributed by atoms with van der Waals surface area (Å²) in [5, 5.41) is 13.7. The zero-order valence-electron chi connectivity index (χ0n) is 15.4. The number of benzene rings is 2. The third-order valence-corrected chi connectivity index (χ3v) is 5.71. The normalized spacial score (nSPS) is 11.6. The molecule has 2 aromatic heterocycles. The van der Waals surface area contributed by atoms with Gasteiger partial charge in [-0.15, -0.1) is 11.3 Å². The summed E-state index contributed by atoms with van der Waals surface area (Å²) in [4.78, 5) is 9.16. The molecule has 4 aromatic rings. The average molecular weight is 402 g/mol. The molecule has 2 aromatic carbocycles. The zero-order chi connectivity index (χ0) is 19.7. The fourth-order valence-corrected chi connectivity index (χ4v) is 3.98. The van der Waals surface area contributed by atoms with Crippen LogP contribution in [0.2, 0.25) is 5.15 Å². The summed E-state index contributed by atoms with van der Waals surface area (Å²) in [5.41, 5.74) is 6.22. The van der Waals surface area contributed by atoms with Crippen LogP contribution in [0.5, 0.6) is 0 Å². The molecule has 2 heterocycles. The number of allylic oxidation sites excluding steroid dienone is 1. The summed E-state index contributed by atoms with van der Waals surface area (Å²) in [6, 6.07) is 18.4. The van der Waals surface area contributed by atoms with Gasteiger partial charge in [0.15, 0.2) is 0 Å². The number of nitriles is 1. The molecule has 0 atom stereocenters. The number of nitrogens with zero attached hydrogens (tertiary/aromatic N) is 3. The minimum absolute atomic E-state index is 0.380. The van der Waals surface area contributed by atoms with Crippen LogP contribution in [0, 0.1) is 25.2 Å². The minimum atomic E-state index is 0.380. The number of pyridine rings is 1. The molecule has 0 saturated carbocycles. The summed E-state index contributed by atoms with van der Waals surface area (Å²) in [5.74, 6) is 0. The first-order chi connectivity index (χ1) is 13.5. The average Bonchev–Trinajstić information content (AvgIpc) is 3.17. The molecule has 5 heteroatoms. The van der Waals surface area contributed by atoms with Crippen LogP contribution in [-0.2, 0) is 0 Å². The van der Waals surface area contributed by atoms with Gasteiger partial charge in [0, 0.05) is 21.9 Å². The Morgan fingerprint density at radius 3 is 2.64 bits per heavy atom. The lowest BCUT2D eigenvalue weighted by atomic mass is 10.1. The largest absolute Gasteiger partial charge is 0.235 e. The number of halogens is 1. The van der Waals surface area contributed by atoms with Crippen LogP contribution < -0.4 is 0 Å². The van der Waals surface area contributed by atoms with Crippen LogP contribution in [0.25, 0.3) is 33.8 Å². The zero-order valence-corrected chi connectivity index (χ0v) is 17.0. The Balaban J connectivity index is 1.74. The fourth-order valence-electron chi connectivity index (χ4n) is 2.99. The molecular formula is C23H16ClN3S. The van der Waals surface area contributed by atoms with Gasteiger partial charge in [0.2, 0.25) is 0 Å². The summed E-state index contributed by atoms with van der Waals surface area (Å²) in [6.07, 6.45) is 1.76. The van der Waals surface area contributed by atoms with Crippen LogP contribution in [0.15, 0.2) is 53.9 Å². The molecule has 0 aliphatic carbocycles. The van der Waals surface area contributed by atoms with Crippen LogP contribution in [0.3, 0.4) is 0 Å². The molecule has 0 aliphatic heterocycles. The van der Waals surface area contributed by atoms with Gasteiger partial charge in [-0.1, -0.05) is 59.6 Å². The highest BCUT2D eigenvalue weighted by molar-refractivity contribution is 7.11. The second-order valence-electron chi connectivity index (χ2n) is 6.59. The van der Waals surface area contributed by atoms with Gasteiger partial charge in [0.25, 0.3) is 0 Å². The highest BCUT2D eigenvalue weighted by Crippen LogP contribution is 2.30. The standard InChI is InChI=1S/C23H16ClN3S/c1-14-6-8-16(9-7-14)20-13-28-23(26-20)19(12-25)11-18-10-17-5-3-4-15(2)21(17)27-22(18)24/h3-11,13H,1-2H3. The van der Waals surface area contributed by atoms with Crippen molar-refractivity contribution in [2.45, 2.75) is 13.8 Å². The van der Waals surface area contributed by atoms with Crippen molar-refractivity contribution in [1.82, 2.24) is 9.97 Å². The molecule has 0 aliphatic rings. The number of fused-ring (bicyclic) bond motifs is 1. The second kappa shape index (κ2) is 7.55. The molecule has 0 radical (unpaired) electrons. The SMILES string of the molecule is Cc1ccc(-c2csc(C(C#N)=Cc3cc4cccc(C)c4nc3Cl)n2)cc1. The molecule has 0 unspecified atom stereocenters. The summed E-state index contributed by atoms with van der Waals surface area (Å²) in [6.45, 7) is 4.06. The molecular weight excluding hydrogens is 386 g/mol. The maximum absolute atomic E-state index is 9.69. The van der Waals surface area contributed by atoms with Gasteiger partial charge < -0.3 is 0 Å². The number of hydrogen-bond acceptors (Lipinski definition) is 4. The van der Waals surface area contributed by atoms with E-state index in [0.717, 1.165) is 27.7 Å². The highest BCUT2D eigenvalue weighted by atomic mass is 35.5. The van der Waals surface area contributed by atoms with Crippen LogP contribution in [-0.4, -0.2) is 9.97 Å². The molecule has 0 bridgehead atoms. The molecule has 0 spiro atoms. The molecule has 0 amide bonds. The van der Waals surface area contributed by atoms with E-state index in [1.165, 1.54) is 16.9 Å². The lowest BCUT2D eigenvalue weighted by molar-refractivity contribution is 1.35. The molecule has 0 fully saturated rings. The third-order valence-electron chi connectivity index (χ3n) is 4.53. The Morgan fingerprint density at radius 2 is 1.89 bits per heavy atom. The summed E-state index contributed by atoms with van der Waals surface area (Å²) in [7, 11) is 0. The maximum atomic E-state index is 9.69. The second-order valence-corrected chi connectivity index (χ2v) is 7.80. The number of aromatic nitrogens is 2. The van der Waals surface area contributed by atoms with Crippen molar-refractivity contribution in [3.8, 4) is 17.3 Å². The van der Waals surface area contributed by atoms with Crippen molar-refractivity contribution in [2.75, 3.05) is 0 Å². The van der Waals surface area contributed by atoms with E-state index < -0.39 is 0 Å². The van der Waals surface area contributed by atoms with E-state index in [-0.39, 0.29) is 0 Å². The quantitative estimate of drug-likeness (QED) is 0.283. The van der Waals surface area contributed by atoms with Crippen molar-refractivity contribution in [1.29, 1.82) is 5.26 Å². The van der Waals surface area contributed by atoms with Crippen molar-refractivity contribution in [3.63, 3.8) is 0 Å². The Bertz CT molecular complexity index is 1250. The van der Waals surface area contributed by atoms with E-state index in [0.29, 0.717) is 21.3 Å².